The Bertz CT molecular complexity index is 1020. The SMILES string of the molecule is CCOC(=O)c1ccc(-c2ccc(C=C(C#N)C(N)=C(C#N)C#N)o2)cc1. The minimum absolute atomic E-state index is 0.0494. The minimum atomic E-state index is -0.404. The largest absolute Gasteiger partial charge is 0.462 e. The molecule has 0 aliphatic rings. The maximum Gasteiger partial charge on any atom is 0.338 e. The standard InChI is InChI=1S/C20H14N4O3/c1-2-26-20(25)14-5-3-13(4-6-14)18-8-7-17(27-18)9-15(10-21)19(24)16(11-22)12-23/h3-9H,2,24H2,1H3. The zero-order valence-electron chi connectivity index (χ0n) is 14.4. The Morgan fingerprint density at radius 2 is 1.78 bits per heavy atom. The molecule has 7 heteroatoms. The van der Waals surface area contributed by atoms with Gasteiger partial charge in [-0.2, -0.15) is 15.8 Å². The first kappa shape index (κ1) is 19.1. The molecule has 0 spiro atoms. The van der Waals surface area contributed by atoms with Crippen molar-refractivity contribution in [3.05, 3.63) is 64.6 Å². The van der Waals surface area contributed by atoms with Gasteiger partial charge in [0.15, 0.2) is 5.57 Å². The van der Waals surface area contributed by atoms with E-state index in [1.165, 1.54) is 6.08 Å². The summed E-state index contributed by atoms with van der Waals surface area (Å²) in [5, 5.41) is 26.9. The molecule has 0 aliphatic heterocycles. The molecule has 1 aromatic carbocycles. The molecule has 0 atom stereocenters. The predicted octanol–water partition coefficient (Wildman–Crippen LogP) is 3.29. The van der Waals surface area contributed by atoms with E-state index >= 15 is 0 Å². The maximum atomic E-state index is 11.7. The lowest BCUT2D eigenvalue weighted by Crippen LogP contribution is -2.03. The molecule has 0 saturated carbocycles. The lowest BCUT2D eigenvalue weighted by molar-refractivity contribution is 0.0526. The summed E-state index contributed by atoms with van der Waals surface area (Å²) in [5.41, 5.74) is 6.24. The van der Waals surface area contributed by atoms with E-state index in [0.29, 0.717) is 23.7 Å². The maximum absolute atomic E-state index is 11.7. The Labute approximate surface area is 155 Å². The Balaban J connectivity index is 2.30. The molecule has 27 heavy (non-hydrogen) atoms. The van der Waals surface area contributed by atoms with Crippen LogP contribution in [-0.4, -0.2) is 12.6 Å². The van der Waals surface area contributed by atoms with Crippen LogP contribution >= 0.6 is 0 Å². The molecule has 2 aromatic rings. The van der Waals surface area contributed by atoms with Gasteiger partial charge in [0.25, 0.3) is 0 Å². The zero-order valence-corrected chi connectivity index (χ0v) is 14.4. The van der Waals surface area contributed by atoms with Crippen molar-refractivity contribution in [3.63, 3.8) is 0 Å². The van der Waals surface area contributed by atoms with Crippen molar-refractivity contribution in [3.8, 4) is 29.5 Å². The number of furan rings is 1. The van der Waals surface area contributed by atoms with Gasteiger partial charge in [-0.15, -0.1) is 0 Å². The predicted molar refractivity (Wildman–Crippen MR) is 96.1 cm³/mol. The number of benzene rings is 1. The molecular weight excluding hydrogens is 344 g/mol. The van der Waals surface area contributed by atoms with Gasteiger partial charge >= 0.3 is 5.97 Å². The summed E-state index contributed by atoms with van der Waals surface area (Å²) >= 11 is 0. The second-order valence-electron chi connectivity index (χ2n) is 5.18. The van der Waals surface area contributed by atoms with Gasteiger partial charge in [0.05, 0.1) is 23.4 Å². The lowest BCUT2D eigenvalue weighted by Gasteiger charge is -2.02. The highest BCUT2D eigenvalue weighted by Gasteiger charge is 2.11. The van der Waals surface area contributed by atoms with Crippen molar-refractivity contribution in [1.29, 1.82) is 15.8 Å². The number of nitrogens with zero attached hydrogens (tertiary/aromatic N) is 3. The zero-order chi connectivity index (χ0) is 19.8. The molecule has 0 unspecified atom stereocenters. The first-order valence-electron chi connectivity index (χ1n) is 7.83. The highest BCUT2D eigenvalue weighted by atomic mass is 16.5. The van der Waals surface area contributed by atoms with Gasteiger partial charge < -0.3 is 14.9 Å². The molecule has 2 rings (SSSR count). The fraction of sp³-hybridized carbons (Fsp3) is 0.100. The van der Waals surface area contributed by atoms with E-state index in [1.807, 2.05) is 6.07 Å². The number of carbonyl (C=O) groups excluding carboxylic acids is 1. The van der Waals surface area contributed by atoms with Crippen LogP contribution in [0.1, 0.15) is 23.0 Å². The van der Waals surface area contributed by atoms with Crippen LogP contribution < -0.4 is 5.73 Å². The van der Waals surface area contributed by atoms with Crippen LogP contribution in [0.3, 0.4) is 0 Å². The number of hydrogen-bond acceptors (Lipinski definition) is 7. The van der Waals surface area contributed by atoms with E-state index in [9.17, 15) is 10.1 Å². The minimum Gasteiger partial charge on any atom is -0.462 e. The second-order valence-corrected chi connectivity index (χ2v) is 5.18. The molecule has 2 N–H and O–H groups in total. The normalized spacial score (nSPS) is 10.2. The number of esters is 1. The van der Waals surface area contributed by atoms with Gasteiger partial charge in [-0.25, -0.2) is 4.79 Å². The quantitative estimate of drug-likeness (QED) is 0.492. The average Bonchev–Trinajstić information content (AvgIpc) is 3.16. The molecule has 0 fully saturated rings. The molecule has 1 aromatic heterocycles. The highest BCUT2D eigenvalue weighted by Crippen LogP contribution is 2.25. The number of hydrogen-bond donors (Lipinski definition) is 1. The molecule has 0 aliphatic carbocycles. The van der Waals surface area contributed by atoms with Crippen molar-refractivity contribution in [2.75, 3.05) is 6.61 Å². The Hall–Kier alpha value is -4.28. The summed E-state index contributed by atoms with van der Waals surface area (Å²) in [5.74, 6) is 0.435. The summed E-state index contributed by atoms with van der Waals surface area (Å²) in [7, 11) is 0. The monoisotopic (exact) mass is 358 g/mol. The molecule has 1 heterocycles. The van der Waals surface area contributed by atoms with Crippen LogP contribution in [0.15, 0.2) is 57.7 Å². The number of ether oxygens (including phenoxy) is 1. The fourth-order valence-corrected chi connectivity index (χ4v) is 2.16. The Morgan fingerprint density at radius 1 is 1.11 bits per heavy atom. The van der Waals surface area contributed by atoms with Crippen LogP contribution in [0.5, 0.6) is 0 Å². The molecule has 132 valence electrons. The number of nitrogens with two attached hydrogens (primary N) is 1. The number of allylic oxidation sites excluding steroid dienone is 2. The van der Waals surface area contributed by atoms with Gasteiger partial charge in [0, 0.05) is 11.6 Å². The summed E-state index contributed by atoms with van der Waals surface area (Å²) in [6, 6.07) is 15.1. The molecule has 0 saturated heterocycles. The number of nitriles is 3. The molecule has 0 amide bonds. The van der Waals surface area contributed by atoms with Crippen molar-refractivity contribution >= 4 is 12.0 Å². The first-order valence-corrected chi connectivity index (χ1v) is 7.83. The van der Waals surface area contributed by atoms with E-state index in [-0.39, 0.29) is 16.8 Å². The van der Waals surface area contributed by atoms with E-state index in [2.05, 4.69) is 0 Å². The Morgan fingerprint density at radius 3 is 2.33 bits per heavy atom. The highest BCUT2D eigenvalue weighted by molar-refractivity contribution is 5.90. The number of rotatable bonds is 5. The van der Waals surface area contributed by atoms with Crippen LogP contribution in [0.25, 0.3) is 17.4 Å². The van der Waals surface area contributed by atoms with Gasteiger partial charge in [0.1, 0.15) is 29.7 Å². The molecule has 0 radical (unpaired) electrons. The summed E-state index contributed by atoms with van der Waals surface area (Å²) in [4.78, 5) is 11.7. The van der Waals surface area contributed by atoms with Crippen molar-refractivity contribution in [2.24, 2.45) is 5.73 Å². The first-order chi connectivity index (χ1) is 13.0. The van der Waals surface area contributed by atoms with Crippen LogP contribution in [0, 0.1) is 34.0 Å². The molecule has 0 bridgehead atoms. The van der Waals surface area contributed by atoms with Crippen molar-refractivity contribution < 1.29 is 13.9 Å². The third kappa shape index (κ3) is 4.42. The van der Waals surface area contributed by atoms with Crippen LogP contribution in [0.4, 0.5) is 0 Å². The third-order valence-corrected chi connectivity index (χ3v) is 3.50. The van der Waals surface area contributed by atoms with E-state index in [4.69, 9.17) is 25.4 Å². The van der Waals surface area contributed by atoms with Gasteiger partial charge in [0.2, 0.25) is 0 Å². The van der Waals surface area contributed by atoms with Crippen LogP contribution in [0.2, 0.25) is 0 Å². The smallest absolute Gasteiger partial charge is 0.338 e. The summed E-state index contributed by atoms with van der Waals surface area (Å²) in [6.45, 7) is 2.03. The Kier molecular flexibility index (Phi) is 6.15. The van der Waals surface area contributed by atoms with E-state index in [0.717, 1.165) is 5.56 Å². The third-order valence-electron chi connectivity index (χ3n) is 3.50. The van der Waals surface area contributed by atoms with Gasteiger partial charge in [-0.1, -0.05) is 12.1 Å². The lowest BCUT2D eigenvalue weighted by atomic mass is 10.1. The summed E-state index contributed by atoms with van der Waals surface area (Å²) < 4.78 is 10.6. The second kappa shape index (κ2) is 8.71. The summed E-state index contributed by atoms with van der Waals surface area (Å²) in [6.07, 6.45) is 1.35. The van der Waals surface area contributed by atoms with Crippen molar-refractivity contribution in [2.45, 2.75) is 6.92 Å². The number of carbonyl (C=O) groups is 1. The molecule has 7 nitrogen and oxygen atoms in total. The average molecular weight is 358 g/mol. The fourth-order valence-electron chi connectivity index (χ4n) is 2.16. The van der Waals surface area contributed by atoms with E-state index in [1.54, 1.807) is 55.5 Å². The van der Waals surface area contributed by atoms with Crippen molar-refractivity contribution in [1.82, 2.24) is 0 Å². The van der Waals surface area contributed by atoms with Gasteiger partial charge in [-0.05, 0) is 31.2 Å². The van der Waals surface area contributed by atoms with Gasteiger partial charge in [-0.3, -0.25) is 0 Å². The topological polar surface area (TPSA) is 137 Å². The van der Waals surface area contributed by atoms with E-state index < -0.39 is 5.97 Å². The molecular formula is C20H14N4O3. The van der Waals surface area contributed by atoms with Crippen LogP contribution in [-0.2, 0) is 4.74 Å².